The van der Waals surface area contributed by atoms with E-state index in [4.69, 9.17) is 4.74 Å². The van der Waals surface area contributed by atoms with E-state index in [-0.39, 0.29) is 12.5 Å². The van der Waals surface area contributed by atoms with Crippen molar-refractivity contribution in [1.29, 1.82) is 0 Å². The molecule has 0 spiro atoms. The molecule has 0 bridgehead atoms. The van der Waals surface area contributed by atoms with Gasteiger partial charge in [-0.15, -0.1) is 11.3 Å². The number of carboxylic acids is 1. The van der Waals surface area contributed by atoms with E-state index < -0.39 is 36.6 Å². The average molecular weight is 539 g/mol. The Morgan fingerprint density at radius 2 is 1.70 bits per heavy atom. The molecule has 9 heteroatoms. The number of thiophene rings is 1. The molecular weight excluding hydrogens is 508 g/mol. The van der Waals surface area contributed by atoms with Crippen LogP contribution >= 0.6 is 23.1 Å². The van der Waals surface area contributed by atoms with Gasteiger partial charge in [0.05, 0.1) is 12.1 Å². The van der Waals surface area contributed by atoms with Crippen LogP contribution in [0.5, 0.6) is 0 Å². The van der Waals surface area contributed by atoms with E-state index in [1.807, 2.05) is 78.2 Å². The highest BCUT2D eigenvalue weighted by molar-refractivity contribution is 7.99. The first-order valence-corrected chi connectivity index (χ1v) is 14.2. The van der Waals surface area contributed by atoms with Gasteiger partial charge in [-0.05, 0) is 35.4 Å². The van der Waals surface area contributed by atoms with Crippen LogP contribution in [0.2, 0.25) is 0 Å². The van der Waals surface area contributed by atoms with E-state index in [0.717, 1.165) is 16.0 Å². The number of hydrogen-bond acceptors (Lipinski definition) is 7. The minimum Gasteiger partial charge on any atom is -0.480 e. The maximum atomic E-state index is 13.5. The summed E-state index contributed by atoms with van der Waals surface area (Å²) in [6.45, 7) is -0.301. The summed E-state index contributed by atoms with van der Waals surface area (Å²) in [4.78, 5) is 40.8. The number of rotatable bonds is 11. The molecule has 4 rings (SSSR count). The molecule has 3 aromatic rings. The molecule has 2 N–H and O–H groups in total. The largest absolute Gasteiger partial charge is 0.480 e. The van der Waals surface area contributed by atoms with Crippen LogP contribution in [-0.2, 0) is 32.1 Å². The van der Waals surface area contributed by atoms with E-state index in [9.17, 15) is 19.5 Å². The summed E-state index contributed by atoms with van der Waals surface area (Å²) in [5, 5.41) is 14.8. The van der Waals surface area contributed by atoms with E-state index in [0.29, 0.717) is 24.3 Å². The zero-order valence-electron chi connectivity index (χ0n) is 20.3. The molecule has 1 aliphatic heterocycles. The Labute approximate surface area is 224 Å². The predicted molar refractivity (Wildman–Crippen MR) is 145 cm³/mol. The number of nitrogens with zero attached hydrogens (tertiary/aromatic N) is 1. The molecule has 37 heavy (non-hydrogen) atoms. The van der Waals surface area contributed by atoms with Gasteiger partial charge in [0.15, 0.2) is 0 Å². The highest BCUT2D eigenvalue weighted by atomic mass is 32.2. The summed E-state index contributed by atoms with van der Waals surface area (Å²) < 4.78 is 5.65. The fourth-order valence-corrected chi connectivity index (χ4v) is 6.38. The second-order valence-electron chi connectivity index (χ2n) is 8.82. The normalized spacial score (nSPS) is 18.7. The van der Waals surface area contributed by atoms with Gasteiger partial charge in [0.1, 0.15) is 19.2 Å². The van der Waals surface area contributed by atoms with Crippen molar-refractivity contribution in [2.45, 2.75) is 37.6 Å². The summed E-state index contributed by atoms with van der Waals surface area (Å²) >= 11 is 3.07. The predicted octanol–water partition coefficient (Wildman–Crippen LogP) is 4.15. The van der Waals surface area contributed by atoms with Gasteiger partial charge >= 0.3 is 11.9 Å². The quantitative estimate of drug-likeness (QED) is 0.354. The number of nitrogens with one attached hydrogen (secondary N) is 1. The summed E-state index contributed by atoms with van der Waals surface area (Å²) in [5.41, 5.74) is 1.96. The lowest BCUT2D eigenvalue weighted by molar-refractivity contribution is -0.150. The highest BCUT2D eigenvalue weighted by Gasteiger charge is 2.37. The second-order valence-corrected chi connectivity index (χ2v) is 10.9. The van der Waals surface area contributed by atoms with Crippen LogP contribution in [-0.4, -0.2) is 58.1 Å². The molecule has 1 aliphatic rings. The summed E-state index contributed by atoms with van der Waals surface area (Å²) in [5.74, 6) is -1.15. The second kappa shape index (κ2) is 13.4. The molecular formula is C28H30N2O5S2. The van der Waals surface area contributed by atoms with Crippen molar-refractivity contribution in [3.05, 3.63) is 94.2 Å². The van der Waals surface area contributed by atoms with Gasteiger partial charge in [0.2, 0.25) is 5.91 Å². The number of benzene rings is 2. The van der Waals surface area contributed by atoms with Crippen LogP contribution in [0.15, 0.2) is 78.2 Å². The van der Waals surface area contributed by atoms with Crippen LogP contribution in [0.25, 0.3) is 0 Å². The maximum Gasteiger partial charge on any atom is 0.323 e. The number of esters is 1. The molecule has 2 aromatic carbocycles. The van der Waals surface area contributed by atoms with Crippen molar-refractivity contribution in [3.63, 3.8) is 0 Å². The van der Waals surface area contributed by atoms with Crippen LogP contribution in [0.4, 0.5) is 0 Å². The summed E-state index contributed by atoms with van der Waals surface area (Å²) in [6.07, 6.45) is 0.454. The van der Waals surface area contributed by atoms with E-state index >= 15 is 0 Å². The lowest BCUT2D eigenvalue weighted by Crippen LogP contribution is -2.57. The van der Waals surface area contributed by atoms with Crippen molar-refractivity contribution >= 4 is 40.9 Å². The van der Waals surface area contributed by atoms with Gasteiger partial charge in [-0.2, -0.15) is 11.8 Å². The topological polar surface area (TPSA) is 95.9 Å². The number of amides is 1. The lowest BCUT2D eigenvalue weighted by Gasteiger charge is -2.33. The monoisotopic (exact) mass is 538 g/mol. The molecule has 0 aliphatic carbocycles. The van der Waals surface area contributed by atoms with Gasteiger partial charge in [0, 0.05) is 16.4 Å². The number of aliphatic carboxylic acids is 1. The van der Waals surface area contributed by atoms with E-state index in [2.05, 4.69) is 5.32 Å². The third-order valence-electron chi connectivity index (χ3n) is 6.18. The first-order chi connectivity index (χ1) is 18.0. The van der Waals surface area contributed by atoms with Gasteiger partial charge in [0.25, 0.3) is 0 Å². The Hall–Kier alpha value is -3.14. The van der Waals surface area contributed by atoms with Crippen LogP contribution in [0, 0.1) is 0 Å². The van der Waals surface area contributed by atoms with Crippen LogP contribution in [0.3, 0.4) is 0 Å². The summed E-state index contributed by atoms with van der Waals surface area (Å²) in [7, 11) is 0. The fraction of sp³-hybridized carbons (Fsp3) is 0.321. The number of aryl methyl sites for hydroxylation is 1. The van der Waals surface area contributed by atoms with Crippen molar-refractivity contribution in [2.75, 3.05) is 18.1 Å². The number of carbonyl (C=O) groups is 3. The van der Waals surface area contributed by atoms with Gasteiger partial charge in [-0.1, -0.05) is 66.7 Å². The Morgan fingerprint density at radius 1 is 1.00 bits per heavy atom. The molecule has 7 nitrogen and oxygen atoms in total. The van der Waals surface area contributed by atoms with Crippen LogP contribution in [0.1, 0.15) is 28.3 Å². The molecule has 1 saturated heterocycles. The van der Waals surface area contributed by atoms with Crippen molar-refractivity contribution in [1.82, 2.24) is 10.2 Å². The Morgan fingerprint density at radius 3 is 2.35 bits per heavy atom. The smallest absolute Gasteiger partial charge is 0.323 e. The molecule has 0 radical (unpaired) electrons. The number of thioether (sulfide) groups is 1. The molecule has 0 saturated carbocycles. The molecule has 1 amide bonds. The number of ether oxygens (including phenoxy) is 1. The molecule has 3 atom stereocenters. The first-order valence-electron chi connectivity index (χ1n) is 12.1. The van der Waals surface area contributed by atoms with E-state index in [1.165, 1.54) is 16.2 Å². The molecule has 2 heterocycles. The molecule has 1 fully saturated rings. The van der Waals surface area contributed by atoms with E-state index in [1.54, 1.807) is 11.8 Å². The molecule has 194 valence electrons. The Kier molecular flexibility index (Phi) is 9.76. The zero-order valence-corrected chi connectivity index (χ0v) is 22.0. The molecule has 1 aromatic heterocycles. The highest BCUT2D eigenvalue weighted by Crippen LogP contribution is 2.31. The van der Waals surface area contributed by atoms with Crippen molar-refractivity contribution < 1.29 is 24.2 Å². The number of hydrogen-bond donors (Lipinski definition) is 2. The third kappa shape index (κ3) is 7.67. The first kappa shape index (κ1) is 26.9. The van der Waals surface area contributed by atoms with Crippen LogP contribution < -0.4 is 5.32 Å². The van der Waals surface area contributed by atoms with Crippen molar-refractivity contribution in [2.24, 2.45) is 0 Å². The Bertz CT molecular complexity index is 1160. The minimum absolute atomic E-state index is 0.140. The van der Waals surface area contributed by atoms with Gasteiger partial charge in [-0.3, -0.25) is 19.7 Å². The van der Waals surface area contributed by atoms with Gasteiger partial charge < -0.3 is 14.7 Å². The fourth-order valence-electron chi connectivity index (χ4n) is 4.26. The van der Waals surface area contributed by atoms with Gasteiger partial charge in [-0.25, -0.2) is 0 Å². The maximum absolute atomic E-state index is 13.5. The summed E-state index contributed by atoms with van der Waals surface area (Å²) in [6, 6.07) is 22.4. The zero-order chi connectivity index (χ0) is 26.0. The lowest BCUT2D eigenvalue weighted by atomic mass is 10.0. The Balaban J connectivity index is 1.52. The SMILES string of the molecule is O=C(O)CN1C(=O)[C@@H](c2cccs2)CSC[C@H]1N[C@@H](CCc1ccccc1)C(=O)OCc1ccccc1. The number of carboxylic acid groups (broad SMARTS) is 1. The molecule has 0 unspecified atom stereocenters. The standard InChI is InChI=1S/C28H30N2O5S2/c31-26(32)16-30-25(19-36-18-22(27(30)33)24-12-7-15-37-24)29-23(14-13-20-8-3-1-4-9-20)28(34)35-17-21-10-5-2-6-11-21/h1-12,15,22-23,25,29H,13-14,16-19H2,(H,31,32)/t22-,23+,25+/m1/s1. The average Bonchev–Trinajstić information content (AvgIpc) is 3.40. The number of carbonyl (C=O) groups excluding carboxylic acids is 2. The third-order valence-corrected chi connectivity index (χ3v) is 8.28. The van der Waals surface area contributed by atoms with Crippen molar-refractivity contribution in [3.8, 4) is 0 Å². The minimum atomic E-state index is -1.09.